The van der Waals surface area contributed by atoms with Gasteiger partial charge in [-0.25, -0.2) is 4.98 Å². The summed E-state index contributed by atoms with van der Waals surface area (Å²) >= 11 is 11.9. The molecule has 1 aromatic carbocycles. The van der Waals surface area contributed by atoms with Crippen molar-refractivity contribution in [2.24, 2.45) is 10.7 Å². The first-order chi connectivity index (χ1) is 12.5. The maximum absolute atomic E-state index is 6.00. The number of piperidine rings is 1. The fourth-order valence-electron chi connectivity index (χ4n) is 2.72. The van der Waals surface area contributed by atoms with Gasteiger partial charge < -0.3 is 21.7 Å². The van der Waals surface area contributed by atoms with Crippen LogP contribution in [0.25, 0.3) is 0 Å². The van der Waals surface area contributed by atoms with E-state index in [1.54, 1.807) is 18.2 Å². The Balaban J connectivity index is 1.72. The van der Waals surface area contributed by atoms with E-state index in [0.717, 1.165) is 37.4 Å². The van der Waals surface area contributed by atoms with Crippen molar-refractivity contribution in [1.82, 2.24) is 15.3 Å². The van der Waals surface area contributed by atoms with E-state index >= 15 is 0 Å². The summed E-state index contributed by atoms with van der Waals surface area (Å²) in [7, 11) is 0. The monoisotopic (exact) mass is 393 g/mol. The lowest BCUT2D eigenvalue weighted by molar-refractivity contribution is 0.479. The molecule has 1 aliphatic rings. The molecule has 0 aliphatic carbocycles. The number of nitrogens with two attached hydrogens (primary N) is 1. The summed E-state index contributed by atoms with van der Waals surface area (Å²) in [5, 5.41) is 10.7. The minimum atomic E-state index is 0.166. The third-order valence-corrected chi connectivity index (χ3v) is 4.64. The number of hydrogen-bond acceptors (Lipinski definition) is 5. The summed E-state index contributed by atoms with van der Waals surface area (Å²) in [6.45, 7) is 3.88. The first-order valence-electron chi connectivity index (χ1n) is 8.39. The zero-order valence-corrected chi connectivity index (χ0v) is 15.9. The number of nitrogens with one attached hydrogen (secondary N) is 3. The van der Waals surface area contributed by atoms with Gasteiger partial charge in [-0.3, -0.25) is 0 Å². The lowest BCUT2D eigenvalue weighted by Gasteiger charge is -2.24. The second-order valence-electron chi connectivity index (χ2n) is 6.13. The van der Waals surface area contributed by atoms with Crippen molar-refractivity contribution in [1.29, 1.82) is 0 Å². The van der Waals surface area contributed by atoms with Crippen molar-refractivity contribution in [3.63, 3.8) is 0 Å². The van der Waals surface area contributed by atoms with Gasteiger partial charge in [0, 0.05) is 30.0 Å². The summed E-state index contributed by atoms with van der Waals surface area (Å²) in [6, 6.07) is 7.36. The first-order valence-corrected chi connectivity index (χ1v) is 9.14. The third-order valence-electron chi connectivity index (χ3n) is 3.90. The van der Waals surface area contributed by atoms with Gasteiger partial charge in [0.1, 0.15) is 5.82 Å². The Morgan fingerprint density at radius 2 is 2.12 bits per heavy atom. The van der Waals surface area contributed by atoms with Crippen LogP contribution in [0, 0.1) is 6.92 Å². The molecule has 0 saturated carbocycles. The van der Waals surface area contributed by atoms with Crippen molar-refractivity contribution in [2.75, 3.05) is 23.7 Å². The molecule has 0 bridgehead atoms. The molecule has 1 atom stereocenters. The highest BCUT2D eigenvalue weighted by molar-refractivity contribution is 6.42. The first kappa shape index (κ1) is 18.7. The Morgan fingerprint density at radius 1 is 1.27 bits per heavy atom. The normalized spacial score (nSPS) is 17.8. The van der Waals surface area contributed by atoms with Gasteiger partial charge >= 0.3 is 0 Å². The summed E-state index contributed by atoms with van der Waals surface area (Å²) in [4.78, 5) is 13.0. The van der Waals surface area contributed by atoms with Crippen LogP contribution in [-0.2, 0) is 0 Å². The van der Waals surface area contributed by atoms with E-state index in [9.17, 15) is 0 Å². The molecule has 2 heterocycles. The largest absolute Gasteiger partial charge is 0.369 e. The molecule has 1 aromatic heterocycles. The van der Waals surface area contributed by atoms with Crippen LogP contribution in [0.4, 0.5) is 17.5 Å². The average Bonchev–Trinajstić information content (AvgIpc) is 2.58. The van der Waals surface area contributed by atoms with E-state index in [0.29, 0.717) is 27.7 Å². The number of guanidine groups is 1. The molecule has 9 heteroatoms. The number of anilines is 2. The van der Waals surface area contributed by atoms with E-state index in [4.69, 9.17) is 28.9 Å². The topological polar surface area (TPSA) is 100 Å². The Labute approximate surface area is 162 Å². The van der Waals surface area contributed by atoms with Crippen LogP contribution in [0.2, 0.25) is 10.0 Å². The number of rotatable bonds is 4. The average molecular weight is 394 g/mol. The molecule has 1 saturated heterocycles. The van der Waals surface area contributed by atoms with Gasteiger partial charge in [0.25, 0.3) is 5.95 Å². The lowest BCUT2D eigenvalue weighted by atomic mass is 10.1. The zero-order valence-electron chi connectivity index (χ0n) is 14.4. The van der Waals surface area contributed by atoms with Gasteiger partial charge in [-0.1, -0.05) is 23.2 Å². The van der Waals surface area contributed by atoms with Crippen molar-refractivity contribution in [3.8, 4) is 0 Å². The van der Waals surface area contributed by atoms with Crippen molar-refractivity contribution < 1.29 is 0 Å². The number of nitrogens with zero attached hydrogens (tertiary/aromatic N) is 3. The third kappa shape index (κ3) is 5.20. The number of aromatic nitrogens is 2. The minimum Gasteiger partial charge on any atom is -0.369 e. The van der Waals surface area contributed by atoms with Crippen LogP contribution >= 0.6 is 23.2 Å². The molecule has 1 aliphatic heterocycles. The molecule has 0 radical (unpaired) electrons. The maximum Gasteiger partial charge on any atom is 0.254 e. The summed E-state index contributed by atoms with van der Waals surface area (Å²) in [5.74, 6) is 1.20. The van der Waals surface area contributed by atoms with Gasteiger partial charge in [0.05, 0.1) is 10.0 Å². The summed E-state index contributed by atoms with van der Waals surface area (Å²) in [6.07, 6.45) is 2.25. The maximum atomic E-state index is 6.00. The van der Waals surface area contributed by atoms with Crippen molar-refractivity contribution in [2.45, 2.75) is 25.8 Å². The zero-order chi connectivity index (χ0) is 18.5. The Hall–Kier alpha value is -2.09. The second kappa shape index (κ2) is 8.53. The number of aliphatic imine (C=N–C) groups is 1. The highest BCUT2D eigenvalue weighted by atomic mass is 35.5. The molecule has 7 nitrogen and oxygen atoms in total. The lowest BCUT2D eigenvalue weighted by Crippen LogP contribution is -2.38. The number of aryl methyl sites for hydroxylation is 1. The van der Waals surface area contributed by atoms with E-state index in [1.165, 1.54) is 0 Å². The quantitative estimate of drug-likeness (QED) is 0.469. The van der Waals surface area contributed by atoms with E-state index in [2.05, 4.69) is 30.9 Å². The number of benzene rings is 1. The molecule has 0 amide bonds. The predicted molar refractivity (Wildman–Crippen MR) is 108 cm³/mol. The van der Waals surface area contributed by atoms with Gasteiger partial charge in [-0.05, 0) is 44.5 Å². The molecular weight excluding hydrogens is 373 g/mol. The molecule has 138 valence electrons. The Bertz CT molecular complexity index is 804. The molecule has 3 rings (SSSR count). The van der Waals surface area contributed by atoms with Gasteiger partial charge in [-0.2, -0.15) is 9.98 Å². The van der Waals surface area contributed by atoms with Gasteiger partial charge in [-0.15, -0.1) is 0 Å². The molecule has 2 aromatic rings. The van der Waals surface area contributed by atoms with E-state index < -0.39 is 0 Å². The molecule has 0 unspecified atom stereocenters. The van der Waals surface area contributed by atoms with E-state index in [1.807, 2.05) is 13.0 Å². The molecule has 5 N–H and O–H groups in total. The minimum absolute atomic E-state index is 0.166. The van der Waals surface area contributed by atoms with Crippen LogP contribution in [0.5, 0.6) is 0 Å². The fourth-order valence-corrected chi connectivity index (χ4v) is 3.02. The highest BCUT2D eigenvalue weighted by Crippen LogP contribution is 2.25. The predicted octanol–water partition coefficient (Wildman–Crippen LogP) is 3.31. The Morgan fingerprint density at radius 3 is 2.85 bits per heavy atom. The summed E-state index contributed by atoms with van der Waals surface area (Å²) in [5.41, 5.74) is 7.46. The molecular formula is C17H21Cl2N7. The van der Waals surface area contributed by atoms with Crippen LogP contribution in [0.15, 0.2) is 29.3 Å². The van der Waals surface area contributed by atoms with Crippen molar-refractivity contribution >= 4 is 46.6 Å². The molecule has 0 spiro atoms. The fraction of sp³-hybridized carbons (Fsp3) is 0.353. The highest BCUT2D eigenvalue weighted by Gasteiger charge is 2.13. The smallest absolute Gasteiger partial charge is 0.254 e. The van der Waals surface area contributed by atoms with Crippen LogP contribution < -0.4 is 21.7 Å². The van der Waals surface area contributed by atoms with Crippen molar-refractivity contribution in [3.05, 3.63) is 40.0 Å². The molecule has 1 fully saturated rings. The van der Waals surface area contributed by atoms with E-state index in [-0.39, 0.29) is 5.96 Å². The summed E-state index contributed by atoms with van der Waals surface area (Å²) < 4.78 is 0. The van der Waals surface area contributed by atoms with Crippen LogP contribution in [-0.4, -0.2) is 35.1 Å². The Kier molecular flexibility index (Phi) is 6.13. The van der Waals surface area contributed by atoms with Gasteiger partial charge in [0.15, 0.2) is 0 Å². The van der Waals surface area contributed by atoms with Gasteiger partial charge in [0.2, 0.25) is 5.96 Å². The number of hydrogen-bond donors (Lipinski definition) is 4. The molecule has 26 heavy (non-hydrogen) atoms. The standard InChI is InChI=1S/C17H21Cl2N7/c1-10-7-15(23-12-3-2-6-21-9-12)25-17(22-10)26-16(20)24-11-4-5-13(18)14(19)8-11/h4-5,7-8,12,21H,2-3,6,9H2,1H3,(H4,20,22,23,24,25,26)/t12-/m1/s1. The second-order valence-corrected chi connectivity index (χ2v) is 6.95. The van der Waals surface area contributed by atoms with Crippen LogP contribution in [0.3, 0.4) is 0 Å². The number of halogens is 2. The van der Waals surface area contributed by atoms with Crippen LogP contribution in [0.1, 0.15) is 18.5 Å². The SMILES string of the molecule is Cc1cc(N[C@@H]2CCCNC2)nc(N=C(N)Nc2ccc(Cl)c(Cl)c2)n1.